The standard InChI is InChI=1S/C21H26N6O/c1-25(2)20(28)15-26-12-10-16(11-13-26)21-23-19-9-8-18(14-27(19)24-21)22-17-6-4-3-5-7-17/h3-9,14,16,22H,10-13,15H2,1-2H3. The molecule has 1 amide bonds. The van der Waals surface area contributed by atoms with Crippen LogP contribution < -0.4 is 5.32 Å². The van der Waals surface area contributed by atoms with Crippen molar-refractivity contribution >= 4 is 22.9 Å². The van der Waals surface area contributed by atoms with Crippen LogP contribution in [0.3, 0.4) is 0 Å². The second-order valence-corrected chi connectivity index (χ2v) is 7.52. The van der Waals surface area contributed by atoms with Gasteiger partial charge in [0.05, 0.1) is 18.4 Å². The van der Waals surface area contributed by atoms with Gasteiger partial charge in [0.2, 0.25) is 5.91 Å². The Labute approximate surface area is 165 Å². The molecule has 1 fully saturated rings. The molecule has 4 rings (SSSR count). The number of carbonyl (C=O) groups excluding carboxylic acids is 1. The van der Waals surface area contributed by atoms with Crippen molar-refractivity contribution < 1.29 is 4.79 Å². The van der Waals surface area contributed by atoms with E-state index < -0.39 is 0 Å². The maximum Gasteiger partial charge on any atom is 0.236 e. The molecular formula is C21H26N6O. The number of carbonyl (C=O) groups is 1. The highest BCUT2D eigenvalue weighted by molar-refractivity contribution is 5.77. The van der Waals surface area contributed by atoms with E-state index in [1.54, 1.807) is 19.0 Å². The highest BCUT2D eigenvalue weighted by Crippen LogP contribution is 2.26. The number of amides is 1. The van der Waals surface area contributed by atoms with Gasteiger partial charge in [-0.3, -0.25) is 9.69 Å². The second kappa shape index (κ2) is 7.98. The van der Waals surface area contributed by atoms with E-state index in [9.17, 15) is 4.79 Å². The minimum Gasteiger partial charge on any atom is -0.354 e. The largest absolute Gasteiger partial charge is 0.354 e. The number of likely N-dealkylation sites (N-methyl/N-ethyl adjacent to an activating group) is 1. The number of nitrogens with one attached hydrogen (secondary N) is 1. The fourth-order valence-corrected chi connectivity index (χ4v) is 3.52. The lowest BCUT2D eigenvalue weighted by Gasteiger charge is -2.30. The van der Waals surface area contributed by atoms with Crippen molar-refractivity contribution in [2.75, 3.05) is 39.0 Å². The van der Waals surface area contributed by atoms with Crippen LogP contribution in [-0.2, 0) is 4.79 Å². The minimum atomic E-state index is 0.155. The molecule has 7 heteroatoms. The zero-order valence-corrected chi connectivity index (χ0v) is 16.4. The summed E-state index contributed by atoms with van der Waals surface area (Å²) in [4.78, 5) is 20.5. The van der Waals surface area contributed by atoms with Crippen LogP contribution in [0.1, 0.15) is 24.6 Å². The molecule has 0 bridgehead atoms. The number of hydrogen-bond acceptors (Lipinski definition) is 5. The van der Waals surface area contributed by atoms with Gasteiger partial charge in [-0.15, -0.1) is 0 Å². The topological polar surface area (TPSA) is 65.8 Å². The van der Waals surface area contributed by atoms with E-state index in [1.165, 1.54) is 0 Å². The molecule has 28 heavy (non-hydrogen) atoms. The Morgan fingerprint density at radius 2 is 1.86 bits per heavy atom. The predicted octanol–water partition coefficient (Wildman–Crippen LogP) is 2.74. The van der Waals surface area contributed by atoms with E-state index >= 15 is 0 Å². The first-order chi connectivity index (χ1) is 13.6. The average Bonchev–Trinajstić information content (AvgIpc) is 3.12. The van der Waals surface area contributed by atoms with Crippen LogP contribution in [0.5, 0.6) is 0 Å². The second-order valence-electron chi connectivity index (χ2n) is 7.52. The number of rotatable bonds is 5. The molecule has 0 atom stereocenters. The monoisotopic (exact) mass is 378 g/mol. The van der Waals surface area contributed by atoms with Crippen LogP contribution in [-0.4, -0.2) is 64.0 Å². The van der Waals surface area contributed by atoms with Gasteiger partial charge in [0.15, 0.2) is 11.5 Å². The maximum absolute atomic E-state index is 11.9. The van der Waals surface area contributed by atoms with Gasteiger partial charge in [-0.25, -0.2) is 9.50 Å². The van der Waals surface area contributed by atoms with Gasteiger partial charge >= 0.3 is 0 Å². The number of anilines is 2. The fraction of sp³-hybridized carbons (Fsp3) is 0.381. The van der Waals surface area contributed by atoms with Gasteiger partial charge in [-0.1, -0.05) is 18.2 Å². The number of hydrogen-bond donors (Lipinski definition) is 1. The molecule has 0 spiro atoms. The molecule has 7 nitrogen and oxygen atoms in total. The van der Waals surface area contributed by atoms with Crippen LogP contribution in [0.25, 0.3) is 5.65 Å². The summed E-state index contributed by atoms with van der Waals surface area (Å²) in [6.45, 7) is 2.30. The van der Waals surface area contributed by atoms with Gasteiger partial charge < -0.3 is 10.2 Å². The van der Waals surface area contributed by atoms with Crippen LogP contribution in [0, 0.1) is 0 Å². The highest BCUT2D eigenvalue weighted by Gasteiger charge is 2.25. The summed E-state index contributed by atoms with van der Waals surface area (Å²) in [5.74, 6) is 1.40. The molecule has 1 aliphatic rings. The number of fused-ring (bicyclic) bond motifs is 1. The normalized spacial score (nSPS) is 15.6. The summed E-state index contributed by atoms with van der Waals surface area (Å²) in [5.41, 5.74) is 2.88. The summed E-state index contributed by atoms with van der Waals surface area (Å²) in [6.07, 6.45) is 3.93. The number of aromatic nitrogens is 3. The first-order valence-corrected chi connectivity index (χ1v) is 9.69. The quantitative estimate of drug-likeness (QED) is 0.740. The zero-order chi connectivity index (χ0) is 19.5. The Bertz CT molecular complexity index is 944. The van der Waals surface area contributed by atoms with E-state index in [-0.39, 0.29) is 5.91 Å². The summed E-state index contributed by atoms with van der Waals surface area (Å²) < 4.78 is 1.85. The minimum absolute atomic E-state index is 0.155. The van der Waals surface area contributed by atoms with Crippen LogP contribution >= 0.6 is 0 Å². The molecule has 1 aromatic carbocycles. The molecule has 0 radical (unpaired) electrons. The first kappa shape index (κ1) is 18.4. The number of pyridine rings is 1. The Hall–Kier alpha value is -2.93. The van der Waals surface area contributed by atoms with Crippen molar-refractivity contribution in [2.24, 2.45) is 0 Å². The fourth-order valence-electron chi connectivity index (χ4n) is 3.52. The molecule has 2 aromatic heterocycles. The Morgan fingerprint density at radius 3 is 2.57 bits per heavy atom. The van der Waals surface area contributed by atoms with Gasteiger partial charge in [0.25, 0.3) is 0 Å². The maximum atomic E-state index is 11.9. The third-order valence-electron chi connectivity index (χ3n) is 5.22. The molecule has 0 saturated carbocycles. The van der Waals surface area contributed by atoms with E-state index in [2.05, 4.69) is 10.2 Å². The molecule has 146 valence electrons. The molecule has 0 aliphatic carbocycles. The van der Waals surface area contributed by atoms with E-state index in [1.807, 2.05) is 53.2 Å². The van der Waals surface area contributed by atoms with E-state index in [0.29, 0.717) is 12.5 Å². The van der Waals surface area contributed by atoms with Crippen molar-refractivity contribution in [3.8, 4) is 0 Å². The molecule has 1 saturated heterocycles. The SMILES string of the molecule is CN(C)C(=O)CN1CCC(c2nc3ccc(Nc4ccccc4)cn3n2)CC1. The lowest BCUT2D eigenvalue weighted by atomic mass is 9.96. The zero-order valence-electron chi connectivity index (χ0n) is 16.4. The molecular weight excluding hydrogens is 352 g/mol. The van der Waals surface area contributed by atoms with E-state index in [0.717, 1.165) is 48.8 Å². The summed E-state index contributed by atoms with van der Waals surface area (Å²) in [5, 5.41) is 8.11. The van der Waals surface area contributed by atoms with Crippen molar-refractivity contribution in [1.29, 1.82) is 0 Å². The Morgan fingerprint density at radius 1 is 1.11 bits per heavy atom. The third kappa shape index (κ3) is 4.14. The van der Waals surface area contributed by atoms with Crippen LogP contribution in [0.4, 0.5) is 11.4 Å². The van der Waals surface area contributed by atoms with Gasteiger partial charge in [-0.2, -0.15) is 5.10 Å². The molecule has 1 N–H and O–H groups in total. The van der Waals surface area contributed by atoms with Gasteiger partial charge in [0.1, 0.15) is 0 Å². The van der Waals surface area contributed by atoms with Gasteiger partial charge in [-0.05, 0) is 50.2 Å². The number of piperidine rings is 1. The van der Waals surface area contributed by atoms with Crippen molar-refractivity contribution in [1.82, 2.24) is 24.4 Å². The van der Waals surface area contributed by atoms with Gasteiger partial charge in [0, 0.05) is 25.7 Å². The Kier molecular flexibility index (Phi) is 5.25. The summed E-state index contributed by atoms with van der Waals surface area (Å²) >= 11 is 0. The van der Waals surface area contributed by atoms with Crippen LogP contribution in [0.15, 0.2) is 48.7 Å². The molecule has 3 aromatic rings. The van der Waals surface area contributed by atoms with Crippen LogP contribution in [0.2, 0.25) is 0 Å². The summed E-state index contributed by atoms with van der Waals surface area (Å²) in [7, 11) is 3.60. The smallest absolute Gasteiger partial charge is 0.236 e. The third-order valence-corrected chi connectivity index (χ3v) is 5.22. The Balaban J connectivity index is 1.42. The lowest BCUT2D eigenvalue weighted by Crippen LogP contribution is -2.40. The first-order valence-electron chi connectivity index (χ1n) is 9.69. The van der Waals surface area contributed by atoms with Crippen molar-refractivity contribution in [3.63, 3.8) is 0 Å². The number of nitrogens with zero attached hydrogens (tertiary/aromatic N) is 5. The van der Waals surface area contributed by atoms with E-state index in [4.69, 9.17) is 10.1 Å². The van der Waals surface area contributed by atoms with Crippen molar-refractivity contribution in [3.05, 3.63) is 54.5 Å². The molecule has 3 heterocycles. The average molecular weight is 378 g/mol. The number of benzene rings is 1. The number of likely N-dealkylation sites (tertiary alicyclic amines) is 1. The molecule has 0 unspecified atom stereocenters. The highest BCUT2D eigenvalue weighted by atomic mass is 16.2. The molecule has 1 aliphatic heterocycles. The lowest BCUT2D eigenvalue weighted by molar-refractivity contribution is -0.130. The predicted molar refractivity (Wildman–Crippen MR) is 110 cm³/mol. The van der Waals surface area contributed by atoms with Crippen molar-refractivity contribution in [2.45, 2.75) is 18.8 Å². The number of para-hydroxylation sites is 1. The summed E-state index contributed by atoms with van der Waals surface area (Å²) in [6, 6.07) is 14.1.